The van der Waals surface area contributed by atoms with Crippen LogP contribution in [-0.4, -0.2) is 30.4 Å². The van der Waals surface area contributed by atoms with Crippen molar-refractivity contribution in [1.29, 1.82) is 0 Å². The standard InChI is InChI=1S/C16H21NO3/c1-12-11-17(14(18)9-6-10-15(19)20-2)16(12)13-7-4-3-5-8-13/h3-5,7-8,12,16H,6,9-11H2,1-2H3/t12-,16+/m0/s1. The molecule has 108 valence electrons. The summed E-state index contributed by atoms with van der Waals surface area (Å²) in [5, 5.41) is 0. The largest absolute Gasteiger partial charge is 0.469 e. The first-order chi connectivity index (χ1) is 9.63. The quantitative estimate of drug-likeness (QED) is 0.776. The molecule has 4 nitrogen and oxygen atoms in total. The summed E-state index contributed by atoms with van der Waals surface area (Å²) in [4.78, 5) is 25.1. The fraction of sp³-hybridized carbons (Fsp3) is 0.500. The molecule has 0 aliphatic carbocycles. The van der Waals surface area contributed by atoms with E-state index in [-0.39, 0.29) is 17.9 Å². The monoisotopic (exact) mass is 275 g/mol. The van der Waals surface area contributed by atoms with Crippen molar-refractivity contribution in [2.24, 2.45) is 5.92 Å². The highest BCUT2D eigenvalue weighted by atomic mass is 16.5. The molecule has 0 N–H and O–H groups in total. The highest BCUT2D eigenvalue weighted by molar-refractivity contribution is 5.78. The molecule has 1 aromatic rings. The van der Waals surface area contributed by atoms with E-state index < -0.39 is 0 Å². The zero-order chi connectivity index (χ0) is 14.5. The third kappa shape index (κ3) is 3.18. The van der Waals surface area contributed by atoms with Crippen LogP contribution in [0.4, 0.5) is 0 Å². The molecular formula is C16H21NO3. The Morgan fingerprint density at radius 2 is 1.95 bits per heavy atom. The van der Waals surface area contributed by atoms with E-state index in [2.05, 4.69) is 23.8 Å². The van der Waals surface area contributed by atoms with E-state index in [0.29, 0.717) is 25.2 Å². The third-order valence-corrected chi connectivity index (χ3v) is 3.82. The molecule has 0 saturated carbocycles. The number of methoxy groups -OCH3 is 1. The van der Waals surface area contributed by atoms with E-state index in [1.807, 2.05) is 23.1 Å². The van der Waals surface area contributed by atoms with E-state index >= 15 is 0 Å². The number of hydrogen-bond acceptors (Lipinski definition) is 3. The topological polar surface area (TPSA) is 46.6 Å². The number of nitrogens with zero attached hydrogens (tertiary/aromatic N) is 1. The van der Waals surface area contributed by atoms with Gasteiger partial charge >= 0.3 is 5.97 Å². The van der Waals surface area contributed by atoms with Gasteiger partial charge in [0, 0.05) is 19.4 Å². The molecule has 1 amide bonds. The average molecular weight is 275 g/mol. The number of rotatable bonds is 5. The first-order valence-corrected chi connectivity index (χ1v) is 7.04. The minimum atomic E-state index is -0.255. The lowest BCUT2D eigenvalue weighted by Gasteiger charge is -2.47. The van der Waals surface area contributed by atoms with Gasteiger partial charge in [-0.05, 0) is 17.9 Å². The van der Waals surface area contributed by atoms with Crippen molar-refractivity contribution >= 4 is 11.9 Å². The van der Waals surface area contributed by atoms with Gasteiger partial charge in [0.1, 0.15) is 0 Å². The number of carbonyl (C=O) groups is 2. The molecule has 0 unspecified atom stereocenters. The SMILES string of the molecule is COC(=O)CCCC(=O)N1C[C@H](C)[C@@H]1c1ccccc1. The normalized spacial score (nSPS) is 21.2. The molecule has 0 radical (unpaired) electrons. The van der Waals surface area contributed by atoms with Gasteiger partial charge in [-0.25, -0.2) is 0 Å². The highest BCUT2D eigenvalue weighted by Crippen LogP contribution is 2.38. The minimum absolute atomic E-state index is 0.126. The van der Waals surface area contributed by atoms with Crippen LogP contribution in [0, 0.1) is 5.92 Å². The van der Waals surface area contributed by atoms with Crippen LogP contribution in [0.2, 0.25) is 0 Å². The van der Waals surface area contributed by atoms with Crippen LogP contribution < -0.4 is 0 Å². The van der Waals surface area contributed by atoms with Crippen LogP contribution in [0.15, 0.2) is 30.3 Å². The second-order valence-electron chi connectivity index (χ2n) is 5.31. The van der Waals surface area contributed by atoms with Gasteiger partial charge in [-0.2, -0.15) is 0 Å². The van der Waals surface area contributed by atoms with E-state index in [9.17, 15) is 9.59 Å². The maximum atomic E-state index is 12.2. The summed E-state index contributed by atoms with van der Waals surface area (Å²) < 4.78 is 4.58. The van der Waals surface area contributed by atoms with Crippen molar-refractivity contribution in [3.05, 3.63) is 35.9 Å². The molecule has 1 aromatic carbocycles. The summed E-state index contributed by atoms with van der Waals surface area (Å²) in [7, 11) is 1.37. The van der Waals surface area contributed by atoms with Crippen LogP contribution in [0.25, 0.3) is 0 Å². The Labute approximate surface area is 119 Å². The zero-order valence-corrected chi connectivity index (χ0v) is 12.0. The van der Waals surface area contributed by atoms with Crippen LogP contribution >= 0.6 is 0 Å². The number of likely N-dealkylation sites (tertiary alicyclic amines) is 1. The highest BCUT2D eigenvalue weighted by Gasteiger charge is 2.39. The summed E-state index contributed by atoms with van der Waals surface area (Å²) in [6.07, 6.45) is 1.27. The van der Waals surface area contributed by atoms with Crippen LogP contribution in [0.5, 0.6) is 0 Å². The van der Waals surface area contributed by atoms with E-state index in [4.69, 9.17) is 0 Å². The van der Waals surface area contributed by atoms with E-state index in [1.54, 1.807) is 0 Å². The molecule has 0 bridgehead atoms. The maximum absolute atomic E-state index is 12.2. The molecule has 2 rings (SSSR count). The van der Waals surface area contributed by atoms with Gasteiger partial charge < -0.3 is 9.64 Å². The molecule has 1 aliphatic rings. The van der Waals surface area contributed by atoms with E-state index in [0.717, 1.165) is 6.54 Å². The van der Waals surface area contributed by atoms with E-state index in [1.165, 1.54) is 12.7 Å². The Morgan fingerprint density at radius 1 is 1.25 bits per heavy atom. The first-order valence-electron chi connectivity index (χ1n) is 7.04. The predicted octanol–water partition coefficient (Wildman–Crippen LogP) is 2.55. The summed E-state index contributed by atoms with van der Waals surface area (Å²) in [6.45, 7) is 2.96. The van der Waals surface area contributed by atoms with Crippen molar-refractivity contribution in [3.63, 3.8) is 0 Å². The van der Waals surface area contributed by atoms with Crippen LogP contribution in [0.3, 0.4) is 0 Å². The van der Waals surface area contributed by atoms with Gasteiger partial charge in [0.25, 0.3) is 0 Å². The van der Waals surface area contributed by atoms with Gasteiger partial charge in [-0.3, -0.25) is 9.59 Å². The number of hydrogen-bond donors (Lipinski definition) is 0. The fourth-order valence-corrected chi connectivity index (χ4v) is 2.74. The average Bonchev–Trinajstić information content (AvgIpc) is 2.45. The fourth-order valence-electron chi connectivity index (χ4n) is 2.74. The first kappa shape index (κ1) is 14.6. The lowest BCUT2D eigenvalue weighted by Crippen LogP contribution is -2.51. The van der Waals surface area contributed by atoms with Gasteiger partial charge in [0.2, 0.25) is 5.91 Å². The van der Waals surface area contributed by atoms with Crippen molar-refractivity contribution in [1.82, 2.24) is 4.90 Å². The van der Waals surface area contributed by atoms with Crippen molar-refractivity contribution < 1.29 is 14.3 Å². The predicted molar refractivity (Wildman–Crippen MR) is 75.9 cm³/mol. The molecule has 1 saturated heterocycles. The molecule has 20 heavy (non-hydrogen) atoms. The smallest absolute Gasteiger partial charge is 0.305 e. The Morgan fingerprint density at radius 3 is 2.55 bits per heavy atom. The lowest BCUT2D eigenvalue weighted by atomic mass is 9.84. The molecule has 4 heteroatoms. The van der Waals surface area contributed by atoms with Crippen molar-refractivity contribution in [2.45, 2.75) is 32.2 Å². The summed E-state index contributed by atoms with van der Waals surface area (Å²) >= 11 is 0. The second-order valence-corrected chi connectivity index (χ2v) is 5.31. The number of ether oxygens (including phenoxy) is 1. The Bertz CT molecular complexity index is 472. The lowest BCUT2D eigenvalue weighted by molar-refractivity contribution is -0.144. The van der Waals surface area contributed by atoms with Gasteiger partial charge in [-0.15, -0.1) is 0 Å². The summed E-state index contributed by atoms with van der Waals surface area (Å²) in [5.74, 6) is 0.359. The molecule has 2 atom stereocenters. The summed E-state index contributed by atoms with van der Waals surface area (Å²) in [5.41, 5.74) is 1.19. The minimum Gasteiger partial charge on any atom is -0.469 e. The number of benzene rings is 1. The second kappa shape index (κ2) is 6.55. The summed E-state index contributed by atoms with van der Waals surface area (Å²) in [6, 6.07) is 10.3. The Balaban J connectivity index is 1.89. The van der Waals surface area contributed by atoms with Crippen molar-refractivity contribution in [3.8, 4) is 0 Å². The number of amides is 1. The van der Waals surface area contributed by atoms with Gasteiger partial charge in [-0.1, -0.05) is 37.3 Å². The molecule has 1 aliphatic heterocycles. The van der Waals surface area contributed by atoms with Crippen LogP contribution in [-0.2, 0) is 14.3 Å². The number of esters is 1. The zero-order valence-electron chi connectivity index (χ0n) is 12.0. The van der Waals surface area contributed by atoms with Gasteiger partial charge in [0.15, 0.2) is 0 Å². The van der Waals surface area contributed by atoms with Crippen LogP contribution in [0.1, 0.15) is 37.8 Å². The maximum Gasteiger partial charge on any atom is 0.305 e. The van der Waals surface area contributed by atoms with Gasteiger partial charge in [0.05, 0.1) is 13.2 Å². The Hall–Kier alpha value is -1.84. The molecule has 1 heterocycles. The molecule has 0 aromatic heterocycles. The number of carbonyl (C=O) groups excluding carboxylic acids is 2. The Kier molecular flexibility index (Phi) is 4.77. The molecule has 1 fully saturated rings. The molecule has 0 spiro atoms. The molecular weight excluding hydrogens is 254 g/mol. The third-order valence-electron chi connectivity index (χ3n) is 3.82. The van der Waals surface area contributed by atoms with Crippen molar-refractivity contribution in [2.75, 3.05) is 13.7 Å².